The number of hydrogen-bond acceptors (Lipinski definition) is 14. The van der Waals surface area contributed by atoms with E-state index < -0.39 is 19.1 Å². The molecule has 6 rings (SSSR count). The van der Waals surface area contributed by atoms with Crippen LogP contribution in [0.4, 0.5) is 10.3 Å². The monoisotopic (exact) mass is 830 g/mol. The van der Waals surface area contributed by atoms with Crippen molar-refractivity contribution in [2.45, 2.75) is 40.1 Å². The summed E-state index contributed by atoms with van der Waals surface area (Å²) < 4.78 is 49.5. The van der Waals surface area contributed by atoms with Gasteiger partial charge >= 0.3 is 0 Å². The second-order valence-electron chi connectivity index (χ2n) is 12.0. The summed E-state index contributed by atoms with van der Waals surface area (Å²) in [5.41, 5.74) is 0. The molecule has 0 aromatic carbocycles. The highest BCUT2D eigenvalue weighted by molar-refractivity contribution is 8.15. The van der Waals surface area contributed by atoms with Crippen molar-refractivity contribution in [3.05, 3.63) is 23.8 Å². The van der Waals surface area contributed by atoms with Crippen LogP contribution in [0, 0.1) is 23.8 Å². The molecule has 0 amide bonds. The zero-order chi connectivity index (χ0) is 36.7. The molecule has 0 radical (unpaired) electrons. The molecule has 4 aliphatic heterocycles. The van der Waals surface area contributed by atoms with Crippen molar-refractivity contribution in [3.8, 4) is 6.07 Å². The fourth-order valence-corrected chi connectivity index (χ4v) is 10.0. The highest BCUT2D eigenvalue weighted by Crippen LogP contribution is 2.31. The predicted molar refractivity (Wildman–Crippen MR) is 203 cm³/mol. The molecule has 21 heteroatoms. The summed E-state index contributed by atoms with van der Waals surface area (Å²) in [6.45, 7) is 17.3. The second kappa shape index (κ2) is 21.2. The van der Waals surface area contributed by atoms with Crippen LogP contribution in [-0.2, 0) is 19.1 Å². The maximum absolute atomic E-state index is 12.7. The number of aromatic nitrogens is 2. The van der Waals surface area contributed by atoms with Gasteiger partial charge < -0.3 is 29.8 Å². The van der Waals surface area contributed by atoms with Crippen molar-refractivity contribution in [1.29, 1.82) is 5.26 Å². The molecule has 14 nitrogen and oxygen atoms in total. The number of rotatable bonds is 5. The van der Waals surface area contributed by atoms with Crippen LogP contribution in [0.25, 0.3) is 4.85 Å². The summed E-state index contributed by atoms with van der Waals surface area (Å²) in [7, 11) is 2.29. The van der Waals surface area contributed by atoms with Crippen LogP contribution in [0.3, 0.4) is 0 Å². The maximum atomic E-state index is 12.7. The zero-order valence-electron chi connectivity index (χ0n) is 28.3. The van der Waals surface area contributed by atoms with E-state index in [0.29, 0.717) is 36.1 Å². The number of nitrogens with zero attached hydrogens (tertiary/aromatic N) is 9. The highest BCUT2D eigenvalue weighted by atomic mass is 35.7. The Morgan fingerprint density at radius 1 is 0.840 bits per heavy atom. The third-order valence-corrected chi connectivity index (χ3v) is 15.0. The van der Waals surface area contributed by atoms with Gasteiger partial charge in [-0.05, 0) is 40.0 Å². The highest BCUT2D eigenvalue weighted by Gasteiger charge is 2.33. The molecular formula is C29H45Cl3N10O4S4. The number of likely N-dealkylation sites (N-methyl/N-ethyl adjacent to an activating group) is 2. The number of alkyl halides is 2. The topological polar surface area (TPSA) is 150 Å². The van der Waals surface area contributed by atoms with Crippen molar-refractivity contribution in [2.75, 3.05) is 108 Å². The van der Waals surface area contributed by atoms with Crippen LogP contribution in [0.5, 0.6) is 0 Å². The molecule has 0 aliphatic carbocycles. The zero-order valence-corrected chi connectivity index (χ0v) is 33.8. The lowest BCUT2D eigenvalue weighted by atomic mass is 10.0. The third-order valence-electron chi connectivity index (χ3n) is 8.45. The van der Waals surface area contributed by atoms with Crippen LogP contribution in [0.2, 0.25) is 0 Å². The fraction of sp³-hybridized carbons (Fsp3) is 0.724. The van der Waals surface area contributed by atoms with Gasteiger partial charge in [0.15, 0.2) is 18.7 Å². The summed E-state index contributed by atoms with van der Waals surface area (Å²) in [6.07, 6.45) is 6.11. The van der Waals surface area contributed by atoms with Crippen LogP contribution in [0.1, 0.15) is 25.7 Å². The SMILES string of the molecule is CN1CCN(c2ncc(S(=O)(=O)Cl)s2)CC1.ClCCl.N#CC1CCNCC1.[C-]#[N+]C1CCN(S(=O)(=O)c2cnc(N3CCN(C)CC3)s2)CC1. The lowest BCUT2D eigenvalue weighted by molar-refractivity contribution is 0.313. The first kappa shape index (κ1) is 42.9. The molecule has 0 bridgehead atoms. The molecule has 50 heavy (non-hydrogen) atoms. The molecule has 1 N–H and O–H groups in total. The normalized spacial score (nSPS) is 20.2. The smallest absolute Gasteiger partial charge is 0.272 e. The van der Waals surface area contributed by atoms with E-state index >= 15 is 0 Å². The number of hydrogen-bond donors (Lipinski definition) is 1. The summed E-state index contributed by atoms with van der Waals surface area (Å²) >= 11 is 11.9. The van der Waals surface area contributed by atoms with Crippen molar-refractivity contribution < 1.29 is 16.8 Å². The van der Waals surface area contributed by atoms with Gasteiger partial charge in [-0.3, -0.25) is 0 Å². The Morgan fingerprint density at radius 3 is 1.66 bits per heavy atom. The quantitative estimate of drug-likeness (QED) is 0.266. The van der Waals surface area contributed by atoms with Gasteiger partial charge in [0, 0.05) is 94.9 Å². The van der Waals surface area contributed by atoms with Crippen LogP contribution in [0.15, 0.2) is 20.8 Å². The van der Waals surface area contributed by atoms with Gasteiger partial charge in [-0.1, -0.05) is 22.7 Å². The molecular weight excluding hydrogens is 787 g/mol. The van der Waals surface area contributed by atoms with Gasteiger partial charge in [0.05, 0.1) is 23.8 Å². The molecule has 6 heterocycles. The molecule has 0 saturated carbocycles. The molecule has 4 aliphatic rings. The first-order valence-corrected chi connectivity index (χ1v) is 22.6. The average molecular weight is 832 g/mol. The van der Waals surface area contributed by atoms with Gasteiger partial charge in [0.2, 0.25) is 6.04 Å². The molecule has 0 unspecified atom stereocenters. The lowest BCUT2D eigenvalue weighted by Crippen LogP contribution is -2.44. The largest absolute Gasteiger partial charge is 0.345 e. The Hall–Kier alpha value is -1.55. The fourth-order valence-electron chi connectivity index (χ4n) is 5.31. The summed E-state index contributed by atoms with van der Waals surface area (Å²) in [6, 6.07) is 2.23. The molecule has 2 aromatic heterocycles. The molecule has 280 valence electrons. The average Bonchev–Trinajstić information content (AvgIpc) is 3.83. The molecule has 2 aromatic rings. The Bertz CT molecular complexity index is 1600. The Balaban J connectivity index is 0.000000216. The van der Waals surface area contributed by atoms with Gasteiger partial charge in [0.1, 0.15) is 0 Å². The number of nitriles is 1. The van der Waals surface area contributed by atoms with Gasteiger partial charge in [-0.25, -0.2) is 33.4 Å². The van der Waals surface area contributed by atoms with Crippen molar-refractivity contribution >= 4 is 85.9 Å². The summed E-state index contributed by atoms with van der Waals surface area (Å²) in [4.78, 5) is 20.6. The molecule has 4 saturated heterocycles. The molecule has 4 fully saturated rings. The minimum atomic E-state index is -3.64. The van der Waals surface area contributed by atoms with E-state index in [0.717, 1.165) is 99.9 Å². The third kappa shape index (κ3) is 13.5. The number of halogens is 3. The number of sulfonamides is 1. The Labute approximate surface area is 319 Å². The van der Waals surface area contributed by atoms with E-state index in [1.807, 2.05) is 0 Å². The Kier molecular flexibility index (Phi) is 18.2. The van der Waals surface area contributed by atoms with E-state index in [1.54, 1.807) is 0 Å². The lowest BCUT2D eigenvalue weighted by Gasteiger charge is -2.32. The van der Waals surface area contributed by atoms with Gasteiger partial charge in [-0.15, -0.1) is 23.2 Å². The summed E-state index contributed by atoms with van der Waals surface area (Å²) in [5, 5.41) is 13.3. The van der Waals surface area contributed by atoms with Crippen molar-refractivity contribution in [3.63, 3.8) is 0 Å². The minimum absolute atomic E-state index is 0.0381. The van der Waals surface area contributed by atoms with E-state index in [9.17, 15) is 16.8 Å². The molecule has 0 atom stereocenters. The first-order chi connectivity index (χ1) is 23.8. The van der Waals surface area contributed by atoms with E-state index in [-0.39, 0.29) is 15.6 Å². The first-order valence-electron chi connectivity index (χ1n) is 16.1. The Morgan fingerprint density at radius 2 is 1.28 bits per heavy atom. The van der Waals surface area contributed by atoms with Crippen LogP contribution in [-0.4, -0.2) is 145 Å². The van der Waals surface area contributed by atoms with E-state index in [2.05, 4.69) is 59.9 Å². The predicted octanol–water partition coefficient (Wildman–Crippen LogP) is 3.72. The number of piperidine rings is 2. The van der Waals surface area contributed by atoms with E-state index in [1.165, 1.54) is 28.0 Å². The maximum Gasteiger partial charge on any atom is 0.272 e. The van der Waals surface area contributed by atoms with Crippen LogP contribution >= 0.6 is 56.6 Å². The second-order valence-corrected chi connectivity index (χ2v) is 19.7. The van der Waals surface area contributed by atoms with E-state index in [4.69, 9.17) is 45.7 Å². The number of nitrogens with one attached hydrogen (secondary N) is 1. The number of thiazole rings is 2. The number of piperazine rings is 2. The van der Waals surface area contributed by atoms with Gasteiger partial charge in [0.25, 0.3) is 19.1 Å². The van der Waals surface area contributed by atoms with Crippen LogP contribution < -0.4 is 15.1 Å². The van der Waals surface area contributed by atoms with Gasteiger partial charge in [-0.2, -0.15) is 9.57 Å². The standard InChI is InChI=1S/C14H21N5O2S2.C8H12ClN3O2S2.C6H10N2.CH2Cl2/c1-15-12-3-5-19(6-4-12)23(20,21)13-11-16-14(22-13)18-9-7-17(2)8-10-18;1-11-2-4-12(5-3-11)8-10-6-7(15-8)16(9,13)14;7-5-6-1-3-8-4-2-6;2-1-3/h11-12H,3-10H2,2H3;6H,2-5H2,1H3;6,8H,1-4H2;1H2. The summed E-state index contributed by atoms with van der Waals surface area (Å²) in [5.74, 6) is 0.330. The molecule has 0 spiro atoms. The van der Waals surface area contributed by atoms with Crippen molar-refractivity contribution in [2.24, 2.45) is 5.92 Å². The minimum Gasteiger partial charge on any atom is -0.345 e. The van der Waals surface area contributed by atoms with Crippen molar-refractivity contribution in [1.82, 2.24) is 29.4 Å². The number of anilines is 2.